The van der Waals surface area contributed by atoms with Gasteiger partial charge in [-0.25, -0.2) is 4.39 Å². The lowest BCUT2D eigenvalue weighted by Crippen LogP contribution is -2.46. The predicted octanol–water partition coefficient (Wildman–Crippen LogP) is 5.26. The first-order chi connectivity index (χ1) is 35.2. The van der Waals surface area contributed by atoms with Gasteiger partial charge in [-0.1, -0.05) is 42.3 Å². The van der Waals surface area contributed by atoms with Crippen molar-refractivity contribution in [1.82, 2.24) is 25.4 Å². The Bertz CT molecular complexity index is 2740. The number of aliphatic hydroxyl groups excluding tert-OH is 1. The van der Waals surface area contributed by atoms with Crippen LogP contribution in [0.15, 0.2) is 84.9 Å². The van der Waals surface area contributed by atoms with Crippen molar-refractivity contribution in [1.29, 1.82) is 0 Å². The van der Waals surface area contributed by atoms with Crippen LogP contribution in [0.4, 0.5) is 34.6 Å². The number of carbonyl (C=O) groups is 3. The second-order valence-corrected chi connectivity index (χ2v) is 18.0. The minimum atomic E-state index is -4.51. The molecule has 4 aromatic carbocycles. The number of rotatable bonds is 21. The van der Waals surface area contributed by atoms with Crippen molar-refractivity contribution in [2.45, 2.75) is 57.0 Å². The number of aromatic nitrogens is 1. The molecular formula is C53H62F4N8O8. The summed E-state index contributed by atoms with van der Waals surface area (Å²) in [5, 5.41) is 24.9. The largest absolute Gasteiger partial charge is 0.495 e. The van der Waals surface area contributed by atoms with Gasteiger partial charge in [0, 0.05) is 61.6 Å². The molecule has 0 bridgehead atoms. The molecule has 3 amide bonds. The number of halogens is 4. The molecule has 3 atom stereocenters. The summed E-state index contributed by atoms with van der Waals surface area (Å²) in [5.74, 6) is 5.98. The van der Waals surface area contributed by atoms with Crippen molar-refractivity contribution in [3.63, 3.8) is 0 Å². The number of nitrogens with zero attached hydrogens (tertiary/aromatic N) is 3. The van der Waals surface area contributed by atoms with E-state index in [1.165, 1.54) is 7.11 Å². The van der Waals surface area contributed by atoms with Gasteiger partial charge in [-0.05, 0) is 85.0 Å². The molecule has 1 fully saturated rings. The summed E-state index contributed by atoms with van der Waals surface area (Å²) in [4.78, 5) is 41.3. The molecule has 0 aliphatic carbocycles. The Morgan fingerprint density at radius 3 is 2.49 bits per heavy atom. The van der Waals surface area contributed by atoms with Gasteiger partial charge in [-0.2, -0.15) is 13.2 Å². The third-order valence-electron chi connectivity index (χ3n) is 12.4. The third-order valence-corrected chi connectivity index (χ3v) is 12.4. The Morgan fingerprint density at radius 2 is 1.73 bits per heavy atom. The van der Waals surface area contributed by atoms with E-state index in [1.807, 2.05) is 66.4 Å². The maximum Gasteiger partial charge on any atom is 0.406 e. The Morgan fingerprint density at radius 1 is 0.932 bits per heavy atom. The number of fused-ring (bicyclic) bond motifs is 2. The Hall–Kier alpha value is -7.05. The van der Waals surface area contributed by atoms with Crippen LogP contribution in [0, 0.1) is 11.8 Å². The number of hydrogen-bond acceptors (Lipinski definition) is 12. The quantitative estimate of drug-likeness (QED) is 0.0320. The highest BCUT2D eigenvalue weighted by Gasteiger charge is 2.31. The second-order valence-electron chi connectivity index (χ2n) is 18.0. The minimum absolute atomic E-state index is 0.0505. The zero-order chi connectivity index (χ0) is 51.9. The summed E-state index contributed by atoms with van der Waals surface area (Å²) >= 11 is 0. The van der Waals surface area contributed by atoms with Crippen LogP contribution in [0.1, 0.15) is 39.2 Å². The summed E-state index contributed by atoms with van der Waals surface area (Å²) in [6.07, 6.45) is -4.57. The smallest absolute Gasteiger partial charge is 0.406 e. The van der Waals surface area contributed by atoms with E-state index in [1.54, 1.807) is 42.5 Å². The first-order valence-corrected chi connectivity index (χ1v) is 24.0. The van der Waals surface area contributed by atoms with Gasteiger partial charge in [0.25, 0.3) is 5.91 Å². The second kappa shape index (κ2) is 25.6. The van der Waals surface area contributed by atoms with Crippen LogP contribution < -0.4 is 41.0 Å². The predicted molar refractivity (Wildman–Crippen MR) is 270 cm³/mol. The third kappa shape index (κ3) is 15.5. The SMILES string of the molecule is COc1cc(C(=O)NCCOCCOCC(=O)NCc2ccc(COc3ccc4c(c3)N(C)CC(=O)NC(CO)C4)cc2)ccc1NCC#Cc1cc2c(NC3CCN(C)CC3F)cccc2n1CC(F)(F)F. The summed E-state index contributed by atoms with van der Waals surface area (Å²) in [6, 6.07) is 24.0. The maximum atomic E-state index is 14.9. The Labute approximate surface area is 421 Å². The van der Waals surface area contributed by atoms with Crippen molar-refractivity contribution in [3.05, 3.63) is 113 Å². The molecule has 6 N–H and O–H groups in total. The number of anilines is 3. The molecule has 16 nitrogen and oxygen atoms in total. The number of likely N-dealkylation sites (tertiary alicyclic amines) is 1. The molecule has 0 radical (unpaired) electrons. The van der Waals surface area contributed by atoms with Crippen LogP contribution in [-0.4, -0.2) is 144 Å². The van der Waals surface area contributed by atoms with Crippen LogP contribution in [0.2, 0.25) is 0 Å². The van der Waals surface area contributed by atoms with Gasteiger partial charge in [0.05, 0.1) is 75.6 Å². The lowest BCUT2D eigenvalue weighted by molar-refractivity contribution is -0.140. The van der Waals surface area contributed by atoms with E-state index in [-0.39, 0.29) is 88.7 Å². The molecule has 0 saturated carbocycles. The van der Waals surface area contributed by atoms with E-state index in [0.717, 1.165) is 26.9 Å². The number of likely N-dealkylation sites (N-methyl/N-ethyl adjacent to an activating group) is 1. The van der Waals surface area contributed by atoms with Crippen molar-refractivity contribution in [2.24, 2.45) is 0 Å². The number of nitrogens with one attached hydrogen (secondary N) is 5. The molecule has 2 aliphatic rings. The number of methoxy groups -OCH3 is 1. The molecule has 7 rings (SSSR count). The molecule has 390 valence electrons. The molecule has 2 aliphatic heterocycles. The van der Waals surface area contributed by atoms with E-state index in [4.69, 9.17) is 18.9 Å². The van der Waals surface area contributed by atoms with Crippen LogP contribution in [-0.2, 0) is 45.2 Å². The fourth-order valence-electron chi connectivity index (χ4n) is 8.59. The molecule has 0 spiro atoms. The summed E-state index contributed by atoms with van der Waals surface area (Å²) in [5.41, 5.74) is 5.60. The van der Waals surface area contributed by atoms with Gasteiger partial charge in [0.1, 0.15) is 37.4 Å². The van der Waals surface area contributed by atoms with Gasteiger partial charge in [0.15, 0.2) is 0 Å². The number of carbonyl (C=O) groups excluding carboxylic acids is 3. The average molecular weight is 1020 g/mol. The van der Waals surface area contributed by atoms with Crippen molar-refractivity contribution in [3.8, 4) is 23.3 Å². The number of amides is 3. The van der Waals surface area contributed by atoms with Gasteiger partial charge < -0.3 is 65.0 Å². The lowest BCUT2D eigenvalue weighted by atomic mass is 10.0. The molecule has 3 unspecified atom stereocenters. The summed E-state index contributed by atoms with van der Waals surface area (Å²) < 4.78 is 79.8. The van der Waals surface area contributed by atoms with E-state index in [0.29, 0.717) is 71.9 Å². The molecule has 20 heteroatoms. The average Bonchev–Trinajstić information content (AvgIpc) is 3.71. The van der Waals surface area contributed by atoms with E-state index in [2.05, 4.69) is 38.4 Å². The number of aliphatic hydroxyl groups is 1. The Kier molecular flexibility index (Phi) is 18.8. The number of hydrogen-bond donors (Lipinski definition) is 6. The molecule has 1 aromatic heterocycles. The minimum Gasteiger partial charge on any atom is -0.495 e. The van der Waals surface area contributed by atoms with E-state index < -0.39 is 24.9 Å². The van der Waals surface area contributed by atoms with Gasteiger partial charge in [0.2, 0.25) is 11.8 Å². The van der Waals surface area contributed by atoms with Crippen molar-refractivity contribution >= 4 is 45.7 Å². The number of alkyl halides is 4. The number of piperidine rings is 1. The topological polar surface area (TPSA) is 180 Å². The van der Waals surface area contributed by atoms with Crippen molar-refractivity contribution < 1.29 is 56.0 Å². The Balaban J connectivity index is 0.782. The molecule has 73 heavy (non-hydrogen) atoms. The zero-order valence-electron chi connectivity index (χ0n) is 41.1. The van der Waals surface area contributed by atoms with Gasteiger partial charge in [-0.15, -0.1) is 0 Å². The number of benzene rings is 4. The first kappa shape index (κ1) is 53.7. The lowest BCUT2D eigenvalue weighted by Gasteiger charge is -2.33. The van der Waals surface area contributed by atoms with Gasteiger partial charge >= 0.3 is 6.18 Å². The van der Waals surface area contributed by atoms with Crippen molar-refractivity contribution in [2.75, 3.05) is 102 Å². The molecule has 3 heterocycles. The normalized spacial score (nSPS) is 17.1. The summed E-state index contributed by atoms with van der Waals surface area (Å²) in [7, 11) is 5.14. The fourth-order valence-corrected chi connectivity index (χ4v) is 8.59. The van der Waals surface area contributed by atoms with Crippen LogP contribution in [0.5, 0.6) is 11.5 Å². The highest BCUT2D eigenvalue weighted by Crippen LogP contribution is 2.33. The monoisotopic (exact) mass is 1010 g/mol. The zero-order valence-corrected chi connectivity index (χ0v) is 41.1. The maximum absolute atomic E-state index is 14.9. The standard InChI is InChI=1S/C53H62F4N8O8/c1-63-20-17-45(43(54)29-63)62-44-7-4-8-47-42(44)26-40(65(47)34-53(55,56)57)6-5-18-58-46-16-14-38(25-49(46)70-3)52(69)59-19-21-71-22-23-72-33-51(68)60-28-35-9-11-36(12-10-35)32-73-41-15-13-37-24-39(31-66)61-50(67)30-64(2)48(37)27-41/h4,7-16,25-27,39,43,45,58,62,66H,17-24,28-34H2,1-3H3,(H,59,69)(H,60,68)(H,61,67). The molecular weight excluding hydrogens is 953 g/mol. The fraction of sp³-hybridized carbons (Fsp3) is 0.415. The molecule has 1 saturated heterocycles. The van der Waals surface area contributed by atoms with E-state index >= 15 is 0 Å². The van der Waals surface area contributed by atoms with Crippen LogP contribution in [0.25, 0.3) is 10.9 Å². The van der Waals surface area contributed by atoms with Crippen LogP contribution in [0.3, 0.4) is 0 Å². The first-order valence-electron chi connectivity index (χ1n) is 24.0. The number of ether oxygens (including phenoxy) is 4. The highest BCUT2D eigenvalue weighted by molar-refractivity contribution is 5.95. The highest BCUT2D eigenvalue weighted by atomic mass is 19.4. The van der Waals surface area contributed by atoms with Crippen LogP contribution >= 0.6 is 0 Å². The van der Waals surface area contributed by atoms with Gasteiger partial charge in [-0.3, -0.25) is 14.4 Å². The summed E-state index contributed by atoms with van der Waals surface area (Å²) in [6.45, 7) is 1.07. The molecule has 5 aromatic rings. The van der Waals surface area contributed by atoms with E-state index in [9.17, 15) is 37.1 Å².